The molecule has 0 radical (unpaired) electrons. The molecular formula is C13H18N6. The van der Waals surface area contributed by atoms with Crippen LogP contribution in [0.25, 0.3) is 0 Å². The van der Waals surface area contributed by atoms with Gasteiger partial charge in [0.25, 0.3) is 0 Å². The predicted molar refractivity (Wildman–Crippen MR) is 73.8 cm³/mol. The average molecular weight is 258 g/mol. The van der Waals surface area contributed by atoms with Gasteiger partial charge in [-0.15, -0.1) is 0 Å². The fourth-order valence-electron chi connectivity index (χ4n) is 2.26. The van der Waals surface area contributed by atoms with E-state index in [1.165, 1.54) is 0 Å². The van der Waals surface area contributed by atoms with Gasteiger partial charge in [0, 0.05) is 37.5 Å². The molecule has 3 rings (SSSR count). The van der Waals surface area contributed by atoms with Crippen molar-refractivity contribution in [1.29, 1.82) is 0 Å². The summed E-state index contributed by atoms with van der Waals surface area (Å²) in [7, 11) is 0. The third kappa shape index (κ3) is 2.25. The summed E-state index contributed by atoms with van der Waals surface area (Å²) in [5, 5.41) is 0. The second-order valence-corrected chi connectivity index (χ2v) is 5.12. The summed E-state index contributed by atoms with van der Waals surface area (Å²) in [4.78, 5) is 15.5. The molecule has 0 atom stereocenters. The first-order valence-electron chi connectivity index (χ1n) is 6.53. The fraction of sp³-hybridized carbons (Fsp3) is 0.462. The molecule has 19 heavy (non-hydrogen) atoms. The number of nitrogens with zero attached hydrogens (tertiary/aromatic N) is 5. The first kappa shape index (κ1) is 12.0. The highest BCUT2D eigenvalue weighted by Crippen LogP contribution is 2.22. The van der Waals surface area contributed by atoms with Crippen molar-refractivity contribution in [2.75, 3.05) is 17.2 Å². The van der Waals surface area contributed by atoms with E-state index in [0.717, 1.165) is 37.1 Å². The van der Waals surface area contributed by atoms with Crippen LogP contribution in [0, 0.1) is 0 Å². The van der Waals surface area contributed by atoms with Gasteiger partial charge >= 0.3 is 0 Å². The summed E-state index contributed by atoms with van der Waals surface area (Å²) in [6, 6.07) is 1.84. The van der Waals surface area contributed by atoms with E-state index in [1.54, 1.807) is 0 Å². The van der Waals surface area contributed by atoms with Crippen LogP contribution in [0.3, 0.4) is 0 Å². The van der Waals surface area contributed by atoms with Crippen LogP contribution in [-0.4, -0.2) is 26.1 Å². The van der Waals surface area contributed by atoms with Crippen LogP contribution in [-0.2, 0) is 13.1 Å². The third-order valence-electron chi connectivity index (χ3n) is 3.33. The molecule has 0 bridgehead atoms. The summed E-state index contributed by atoms with van der Waals surface area (Å²) in [5.41, 5.74) is 5.88. The largest absolute Gasteiger partial charge is 0.384 e. The van der Waals surface area contributed by atoms with E-state index in [-0.39, 0.29) is 5.92 Å². The van der Waals surface area contributed by atoms with Crippen molar-refractivity contribution in [1.82, 2.24) is 19.5 Å². The molecule has 0 fully saturated rings. The first-order valence-corrected chi connectivity index (χ1v) is 6.53. The number of imidazole rings is 1. The van der Waals surface area contributed by atoms with E-state index < -0.39 is 0 Å². The molecule has 1 aliphatic heterocycles. The molecule has 6 nitrogen and oxygen atoms in total. The molecular weight excluding hydrogens is 240 g/mol. The Balaban J connectivity index is 1.91. The monoisotopic (exact) mass is 258 g/mol. The zero-order valence-electron chi connectivity index (χ0n) is 11.2. The van der Waals surface area contributed by atoms with Gasteiger partial charge in [-0.25, -0.2) is 15.0 Å². The van der Waals surface area contributed by atoms with Crippen molar-refractivity contribution in [3.63, 3.8) is 0 Å². The minimum absolute atomic E-state index is 0.272. The van der Waals surface area contributed by atoms with E-state index in [4.69, 9.17) is 5.73 Å². The van der Waals surface area contributed by atoms with Crippen molar-refractivity contribution < 1.29 is 0 Å². The van der Waals surface area contributed by atoms with Gasteiger partial charge in [-0.1, -0.05) is 13.8 Å². The summed E-state index contributed by atoms with van der Waals surface area (Å²) >= 11 is 0. The molecule has 2 aromatic rings. The molecule has 1 aliphatic rings. The van der Waals surface area contributed by atoms with Crippen LogP contribution < -0.4 is 10.6 Å². The second kappa shape index (κ2) is 4.53. The van der Waals surface area contributed by atoms with Crippen molar-refractivity contribution in [3.8, 4) is 0 Å². The standard InChI is InChI=1S/C13H18N6/c1-9(2)13-16-10(14)7-11(17-13)19-6-5-18-4-3-15-12(18)8-19/h3-4,7,9H,5-6,8H2,1-2H3,(H2,14,16,17). The lowest BCUT2D eigenvalue weighted by molar-refractivity contribution is 0.554. The van der Waals surface area contributed by atoms with Crippen LogP contribution in [0.15, 0.2) is 18.5 Å². The van der Waals surface area contributed by atoms with Crippen molar-refractivity contribution in [2.24, 2.45) is 0 Å². The molecule has 0 aromatic carbocycles. The number of anilines is 2. The van der Waals surface area contributed by atoms with E-state index in [2.05, 4.69) is 38.3 Å². The molecule has 2 N–H and O–H groups in total. The number of nitrogens with two attached hydrogens (primary N) is 1. The maximum Gasteiger partial charge on any atom is 0.135 e. The molecule has 0 amide bonds. The summed E-state index contributed by atoms with van der Waals surface area (Å²) in [5.74, 6) is 3.56. The van der Waals surface area contributed by atoms with Gasteiger partial charge in [0.2, 0.25) is 0 Å². The summed E-state index contributed by atoms with van der Waals surface area (Å²) < 4.78 is 2.17. The van der Waals surface area contributed by atoms with E-state index in [9.17, 15) is 0 Å². The zero-order chi connectivity index (χ0) is 13.4. The Labute approximate surface area is 112 Å². The summed E-state index contributed by atoms with van der Waals surface area (Å²) in [6.07, 6.45) is 3.85. The minimum Gasteiger partial charge on any atom is -0.384 e. The van der Waals surface area contributed by atoms with E-state index >= 15 is 0 Å². The predicted octanol–water partition coefficient (Wildman–Crippen LogP) is 1.40. The molecule has 0 spiro atoms. The Bertz CT molecular complexity index is 589. The van der Waals surface area contributed by atoms with Crippen molar-refractivity contribution >= 4 is 11.6 Å². The maximum absolute atomic E-state index is 5.88. The van der Waals surface area contributed by atoms with Crippen molar-refractivity contribution in [2.45, 2.75) is 32.9 Å². The number of nitrogen functional groups attached to an aromatic ring is 1. The smallest absolute Gasteiger partial charge is 0.135 e. The lowest BCUT2D eigenvalue weighted by atomic mass is 10.2. The van der Waals surface area contributed by atoms with Crippen molar-refractivity contribution in [3.05, 3.63) is 30.1 Å². The molecule has 100 valence electrons. The molecule has 3 heterocycles. The average Bonchev–Trinajstić information content (AvgIpc) is 2.85. The highest BCUT2D eigenvalue weighted by Gasteiger charge is 2.19. The zero-order valence-corrected chi connectivity index (χ0v) is 11.2. The Morgan fingerprint density at radius 1 is 1.26 bits per heavy atom. The summed E-state index contributed by atoms with van der Waals surface area (Å²) in [6.45, 7) is 6.75. The first-order chi connectivity index (χ1) is 9.13. The lowest BCUT2D eigenvalue weighted by Gasteiger charge is -2.29. The van der Waals surface area contributed by atoms with Gasteiger partial charge in [-0.05, 0) is 0 Å². The number of rotatable bonds is 2. The number of hydrogen-bond donors (Lipinski definition) is 1. The van der Waals surface area contributed by atoms with Gasteiger partial charge in [-0.2, -0.15) is 0 Å². The topological polar surface area (TPSA) is 72.9 Å². The molecule has 0 saturated carbocycles. The molecule has 0 unspecified atom stereocenters. The highest BCUT2D eigenvalue weighted by molar-refractivity contribution is 5.47. The van der Waals surface area contributed by atoms with Gasteiger partial charge in [0.05, 0.1) is 6.54 Å². The van der Waals surface area contributed by atoms with Gasteiger partial charge in [0.15, 0.2) is 0 Å². The van der Waals surface area contributed by atoms with Crippen LogP contribution in [0.4, 0.5) is 11.6 Å². The van der Waals surface area contributed by atoms with Gasteiger partial charge in [0.1, 0.15) is 23.3 Å². The fourth-order valence-corrected chi connectivity index (χ4v) is 2.26. The van der Waals surface area contributed by atoms with E-state index in [0.29, 0.717) is 5.82 Å². The molecule has 0 aliphatic carbocycles. The third-order valence-corrected chi connectivity index (χ3v) is 3.33. The Hall–Kier alpha value is -2.11. The SMILES string of the molecule is CC(C)c1nc(N)cc(N2CCn3ccnc3C2)n1. The normalized spacial score (nSPS) is 14.8. The second-order valence-electron chi connectivity index (χ2n) is 5.12. The quantitative estimate of drug-likeness (QED) is 0.881. The van der Waals surface area contributed by atoms with Crippen LogP contribution in [0.1, 0.15) is 31.4 Å². The Kier molecular flexibility index (Phi) is 2.85. The number of fused-ring (bicyclic) bond motifs is 1. The van der Waals surface area contributed by atoms with E-state index in [1.807, 2.05) is 18.5 Å². The Morgan fingerprint density at radius 2 is 2.11 bits per heavy atom. The Morgan fingerprint density at radius 3 is 2.89 bits per heavy atom. The minimum atomic E-state index is 0.272. The number of aromatic nitrogens is 4. The molecule has 6 heteroatoms. The van der Waals surface area contributed by atoms with Gasteiger partial charge in [-0.3, -0.25) is 0 Å². The lowest BCUT2D eigenvalue weighted by Crippen LogP contribution is -2.34. The van der Waals surface area contributed by atoms with Crippen LogP contribution in [0.5, 0.6) is 0 Å². The molecule has 2 aromatic heterocycles. The maximum atomic E-state index is 5.88. The number of hydrogen-bond acceptors (Lipinski definition) is 5. The van der Waals surface area contributed by atoms with Crippen LogP contribution in [0.2, 0.25) is 0 Å². The molecule has 0 saturated heterocycles. The van der Waals surface area contributed by atoms with Crippen LogP contribution >= 0.6 is 0 Å². The highest BCUT2D eigenvalue weighted by atomic mass is 15.3. The van der Waals surface area contributed by atoms with Gasteiger partial charge < -0.3 is 15.2 Å².